The Morgan fingerprint density at radius 1 is 1.11 bits per heavy atom. The standard InChI is InChI=1S/C7H18N.BH4/c1-5-6-7-8(2,3)4;/h5-7H2,1-4H3;1H4/q+1;-1. The molecule has 0 heterocycles. The summed E-state index contributed by atoms with van der Waals surface area (Å²) in [5, 5.41) is 0. The fourth-order valence-corrected chi connectivity index (χ4v) is 0.632. The number of hydrogen-bond donors (Lipinski definition) is 0. The molecule has 0 saturated carbocycles. The lowest BCUT2D eigenvalue weighted by Crippen LogP contribution is -2.35. The third kappa shape index (κ3) is 11.5. The van der Waals surface area contributed by atoms with Crippen LogP contribution in [0.4, 0.5) is 0 Å². The van der Waals surface area contributed by atoms with E-state index in [1.165, 1.54) is 19.4 Å². The molecule has 0 bridgehead atoms. The van der Waals surface area contributed by atoms with Gasteiger partial charge in [-0.15, -0.1) is 0 Å². The van der Waals surface area contributed by atoms with E-state index in [9.17, 15) is 0 Å². The molecular formula is C7H22BN. The van der Waals surface area contributed by atoms with Crippen LogP contribution in [0.2, 0.25) is 0 Å². The Kier molecular flexibility index (Phi) is 6.36. The fraction of sp³-hybridized carbons (Fsp3) is 1.00. The summed E-state index contributed by atoms with van der Waals surface area (Å²) in [6.07, 6.45) is 2.67. The van der Waals surface area contributed by atoms with Crippen LogP contribution in [0, 0.1) is 0 Å². The molecule has 0 aliphatic carbocycles. The monoisotopic (exact) mass is 131 g/mol. The third-order valence-electron chi connectivity index (χ3n) is 1.18. The maximum absolute atomic E-state index is 2.23. The number of unbranched alkanes of at least 4 members (excludes halogenated alkanes) is 1. The first-order chi connectivity index (χ1) is 3.56. The highest BCUT2D eigenvalue weighted by Gasteiger charge is 2.02. The van der Waals surface area contributed by atoms with Crippen molar-refractivity contribution in [3.8, 4) is 0 Å². The van der Waals surface area contributed by atoms with Gasteiger partial charge in [-0.25, -0.2) is 0 Å². The molecule has 0 aromatic carbocycles. The minimum absolute atomic E-state index is 0. The average molecular weight is 131 g/mol. The van der Waals surface area contributed by atoms with E-state index in [4.69, 9.17) is 0 Å². The number of rotatable bonds is 3. The van der Waals surface area contributed by atoms with Crippen molar-refractivity contribution in [1.29, 1.82) is 0 Å². The second kappa shape index (κ2) is 4.86. The van der Waals surface area contributed by atoms with Crippen LogP contribution in [-0.2, 0) is 0 Å². The van der Waals surface area contributed by atoms with Crippen LogP contribution in [0.25, 0.3) is 0 Å². The van der Waals surface area contributed by atoms with E-state index in [1.54, 1.807) is 0 Å². The molecule has 58 valence electrons. The zero-order valence-corrected chi connectivity index (χ0v) is 6.57. The third-order valence-corrected chi connectivity index (χ3v) is 1.18. The van der Waals surface area contributed by atoms with Crippen molar-refractivity contribution in [2.75, 3.05) is 27.7 Å². The summed E-state index contributed by atoms with van der Waals surface area (Å²) in [5.74, 6) is 0. The Balaban J connectivity index is 0. The van der Waals surface area contributed by atoms with Crippen molar-refractivity contribution in [3.63, 3.8) is 0 Å². The van der Waals surface area contributed by atoms with E-state index in [-0.39, 0.29) is 8.41 Å². The normalized spacial score (nSPS) is 10.7. The van der Waals surface area contributed by atoms with Crippen LogP contribution >= 0.6 is 0 Å². The van der Waals surface area contributed by atoms with Gasteiger partial charge in [-0.2, -0.15) is 0 Å². The van der Waals surface area contributed by atoms with Crippen LogP contribution < -0.4 is 0 Å². The highest BCUT2D eigenvalue weighted by atomic mass is 15.3. The van der Waals surface area contributed by atoms with Gasteiger partial charge in [0.25, 0.3) is 0 Å². The van der Waals surface area contributed by atoms with Crippen LogP contribution in [-0.4, -0.2) is 40.6 Å². The Hall–Kier alpha value is 0.0249. The smallest absolute Gasteiger partial charge is 0.0780 e. The summed E-state index contributed by atoms with van der Waals surface area (Å²) in [4.78, 5) is 0. The summed E-state index contributed by atoms with van der Waals surface area (Å²) >= 11 is 0. The molecule has 0 aliphatic rings. The van der Waals surface area contributed by atoms with Crippen LogP contribution in [0.1, 0.15) is 19.8 Å². The first-order valence-corrected chi connectivity index (χ1v) is 3.36. The molecule has 0 rings (SSSR count). The lowest BCUT2D eigenvalue weighted by Gasteiger charge is -2.23. The molecular weight excluding hydrogens is 109 g/mol. The predicted molar refractivity (Wildman–Crippen MR) is 49.1 cm³/mol. The van der Waals surface area contributed by atoms with E-state index < -0.39 is 0 Å². The van der Waals surface area contributed by atoms with Gasteiger partial charge in [0, 0.05) is 0 Å². The number of nitrogens with zero attached hydrogens (tertiary/aromatic N) is 1. The van der Waals surface area contributed by atoms with Crippen LogP contribution in [0.5, 0.6) is 0 Å². The molecule has 9 heavy (non-hydrogen) atoms. The molecule has 1 nitrogen and oxygen atoms in total. The maximum Gasteiger partial charge on any atom is 0.0780 e. The zero-order valence-electron chi connectivity index (χ0n) is 6.57. The Bertz CT molecular complexity index is 56.4. The SMILES string of the molecule is CCCC[N+](C)(C)C.[BH4-]. The first kappa shape index (κ1) is 11.8. The van der Waals surface area contributed by atoms with E-state index in [0.717, 1.165) is 4.48 Å². The van der Waals surface area contributed by atoms with Crippen molar-refractivity contribution < 1.29 is 4.48 Å². The predicted octanol–water partition coefficient (Wildman–Crippen LogP) is 0.0411. The van der Waals surface area contributed by atoms with E-state index >= 15 is 0 Å². The molecule has 2 heteroatoms. The zero-order chi connectivity index (χ0) is 6.62. The van der Waals surface area contributed by atoms with Crippen molar-refractivity contribution in [1.82, 2.24) is 0 Å². The van der Waals surface area contributed by atoms with Gasteiger partial charge < -0.3 is 4.48 Å². The average Bonchev–Trinajstić information content (AvgIpc) is 1.59. The van der Waals surface area contributed by atoms with E-state index in [1.807, 2.05) is 0 Å². The quantitative estimate of drug-likeness (QED) is 0.374. The van der Waals surface area contributed by atoms with Gasteiger partial charge in [0.1, 0.15) is 0 Å². The minimum Gasteiger partial charge on any atom is -0.331 e. The molecule has 0 aliphatic heterocycles. The Morgan fingerprint density at radius 2 is 1.56 bits per heavy atom. The topological polar surface area (TPSA) is 0 Å². The summed E-state index contributed by atoms with van der Waals surface area (Å²) in [5.41, 5.74) is 0. The molecule has 0 atom stereocenters. The van der Waals surface area contributed by atoms with Crippen molar-refractivity contribution >= 4 is 8.41 Å². The highest BCUT2D eigenvalue weighted by Crippen LogP contribution is 1.94. The van der Waals surface area contributed by atoms with Crippen molar-refractivity contribution in [2.24, 2.45) is 0 Å². The first-order valence-electron chi connectivity index (χ1n) is 3.36. The van der Waals surface area contributed by atoms with E-state index in [2.05, 4.69) is 28.1 Å². The van der Waals surface area contributed by atoms with Gasteiger partial charge in [0.05, 0.1) is 27.7 Å². The van der Waals surface area contributed by atoms with Crippen LogP contribution in [0.15, 0.2) is 0 Å². The summed E-state index contributed by atoms with van der Waals surface area (Å²) in [6, 6.07) is 0. The van der Waals surface area contributed by atoms with Crippen molar-refractivity contribution in [2.45, 2.75) is 19.8 Å². The van der Waals surface area contributed by atoms with Gasteiger partial charge in [-0.1, -0.05) is 21.8 Å². The maximum atomic E-state index is 2.23. The second-order valence-corrected chi connectivity index (χ2v) is 3.37. The number of hydrogen-bond acceptors (Lipinski definition) is 0. The van der Waals surface area contributed by atoms with Gasteiger partial charge in [-0.3, -0.25) is 0 Å². The highest BCUT2D eigenvalue weighted by molar-refractivity contribution is 5.75. The second-order valence-electron chi connectivity index (χ2n) is 3.37. The lowest BCUT2D eigenvalue weighted by atomic mass is 10.3. The van der Waals surface area contributed by atoms with Gasteiger partial charge >= 0.3 is 0 Å². The molecule has 0 radical (unpaired) electrons. The molecule has 0 fully saturated rings. The molecule has 0 saturated heterocycles. The van der Waals surface area contributed by atoms with Crippen molar-refractivity contribution in [3.05, 3.63) is 0 Å². The summed E-state index contributed by atoms with van der Waals surface area (Å²) in [7, 11) is 6.70. The van der Waals surface area contributed by atoms with Gasteiger partial charge in [0.15, 0.2) is 0 Å². The fourth-order valence-electron chi connectivity index (χ4n) is 0.632. The molecule has 0 aromatic rings. The summed E-state index contributed by atoms with van der Waals surface area (Å²) < 4.78 is 1.10. The molecule has 0 amide bonds. The summed E-state index contributed by atoms with van der Waals surface area (Å²) in [6.45, 7) is 3.53. The minimum atomic E-state index is 0. The Labute approximate surface area is 61.2 Å². The van der Waals surface area contributed by atoms with Crippen LogP contribution in [0.3, 0.4) is 0 Å². The largest absolute Gasteiger partial charge is 0.331 e. The molecule has 0 aromatic heterocycles. The lowest BCUT2D eigenvalue weighted by molar-refractivity contribution is -0.870. The number of quaternary nitrogens is 1. The van der Waals surface area contributed by atoms with Gasteiger partial charge in [-0.05, 0) is 6.42 Å². The van der Waals surface area contributed by atoms with E-state index in [0.29, 0.717) is 0 Å². The molecule has 0 N–H and O–H groups in total. The molecule has 0 spiro atoms. The van der Waals surface area contributed by atoms with Gasteiger partial charge in [0.2, 0.25) is 0 Å². The Morgan fingerprint density at radius 3 is 1.67 bits per heavy atom. The molecule has 0 unspecified atom stereocenters.